The average Bonchev–Trinajstić information content (AvgIpc) is 2.58. The van der Waals surface area contributed by atoms with Crippen molar-refractivity contribution in [2.45, 2.75) is 39.0 Å². The molecular weight excluding hydrogens is 162 g/mol. The molecule has 0 aliphatic heterocycles. The van der Waals surface area contributed by atoms with Gasteiger partial charge in [0.25, 0.3) is 0 Å². The van der Waals surface area contributed by atoms with E-state index in [1.54, 1.807) is 0 Å². The Morgan fingerprint density at radius 1 is 1.38 bits per heavy atom. The van der Waals surface area contributed by atoms with Gasteiger partial charge in [-0.25, -0.2) is 0 Å². The minimum Gasteiger partial charge on any atom is -0.368 e. The number of nitrogens with zero attached hydrogens (tertiary/aromatic N) is 1. The third-order valence-electron chi connectivity index (χ3n) is 2.60. The first-order chi connectivity index (χ1) is 6.42. The standard InChI is InChI=1S/C10H17N3/c1-2-7-11-10-8-5-3-4-6-9(8)12-13-10/h2-7H2,1H3,(H2,11,12,13). The molecule has 0 fully saturated rings. The number of anilines is 1. The second-order valence-electron chi connectivity index (χ2n) is 3.66. The number of aromatic nitrogens is 2. The number of aryl methyl sites for hydroxylation is 1. The summed E-state index contributed by atoms with van der Waals surface area (Å²) in [5, 5.41) is 10.8. The third kappa shape index (κ3) is 1.69. The van der Waals surface area contributed by atoms with Gasteiger partial charge in [-0.15, -0.1) is 0 Å². The van der Waals surface area contributed by atoms with Crippen molar-refractivity contribution in [2.75, 3.05) is 11.9 Å². The van der Waals surface area contributed by atoms with Crippen molar-refractivity contribution in [1.29, 1.82) is 0 Å². The summed E-state index contributed by atoms with van der Waals surface area (Å²) in [6, 6.07) is 0. The van der Waals surface area contributed by atoms with Crippen molar-refractivity contribution < 1.29 is 0 Å². The van der Waals surface area contributed by atoms with E-state index >= 15 is 0 Å². The van der Waals surface area contributed by atoms with Crippen molar-refractivity contribution in [2.24, 2.45) is 0 Å². The average molecular weight is 179 g/mol. The molecule has 13 heavy (non-hydrogen) atoms. The van der Waals surface area contributed by atoms with E-state index < -0.39 is 0 Å². The highest BCUT2D eigenvalue weighted by Crippen LogP contribution is 2.25. The van der Waals surface area contributed by atoms with Gasteiger partial charge in [0.2, 0.25) is 0 Å². The summed E-state index contributed by atoms with van der Waals surface area (Å²) in [7, 11) is 0. The number of fused-ring (bicyclic) bond motifs is 1. The predicted octanol–water partition coefficient (Wildman–Crippen LogP) is 2.11. The summed E-state index contributed by atoms with van der Waals surface area (Å²) < 4.78 is 0. The molecule has 1 aromatic rings. The van der Waals surface area contributed by atoms with Gasteiger partial charge in [-0.2, -0.15) is 5.10 Å². The molecular formula is C10H17N3. The summed E-state index contributed by atoms with van der Waals surface area (Å²) in [5.74, 6) is 1.09. The normalized spacial score (nSPS) is 15.5. The zero-order chi connectivity index (χ0) is 9.10. The van der Waals surface area contributed by atoms with Gasteiger partial charge >= 0.3 is 0 Å². The molecule has 0 atom stereocenters. The Morgan fingerprint density at radius 2 is 2.23 bits per heavy atom. The molecule has 1 aliphatic rings. The van der Waals surface area contributed by atoms with Crippen LogP contribution in [-0.4, -0.2) is 16.7 Å². The molecule has 0 amide bonds. The van der Waals surface area contributed by atoms with Crippen molar-refractivity contribution >= 4 is 5.82 Å². The Bertz CT molecular complexity index is 278. The van der Waals surface area contributed by atoms with Gasteiger partial charge in [-0.1, -0.05) is 6.92 Å². The number of H-pyrrole nitrogens is 1. The van der Waals surface area contributed by atoms with Gasteiger partial charge < -0.3 is 5.32 Å². The lowest BCUT2D eigenvalue weighted by atomic mass is 9.97. The molecule has 2 rings (SSSR count). The Hall–Kier alpha value is -0.990. The molecule has 1 aliphatic carbocycles. The summed E-state index contributed by atoms with van der Waals surface area (Å²) in [6.45, 7) is 3.20. The lowest BCUT2D eigenvalue weighted by molar-refractivity contribution is 0.675. The van der Waals surface area contributed by atoms with Crippen LogP contribution in [0, 0.1) is 0 Å². The molecule has 3 heteroatoms. The molecule has 2 N–H and O–H groups in total. The van der Waals surface area contributed by atoms with Crippen LogP contribution in [0.5, 0.6) is 0 Å². The number of hydrogen-bond acceptors (Lipinski definition) is 2. The van der Waals surface area contributed by atoms with E-state index in [2.05, 4.69) is 22.4 Å². The summed E-state index contributed by atoms with van der Waals surface area (Å²) >= 11 is 0. The molecule has 0 saturated carbocycles. The molecule has 0 unspecified atom stereocenters. The molecule has 0 radical (unpaired) electrons. The topological polar surface area (TPSA) is 40.7 Å². The van der Waals surface area contributed by atoms with Crippen LogP contribution in [0.2, 0.25) is 0 Å². The second-order valence-corrected chi connectivity index (χ2v) is 3.66. The summed E-state index contributed by atoms with van der Waals surface area (Å²) in [6.07, 6.45) is 6.14. The lowest BCUT2D eigenvalue weighted by Gasteiger charge is -2.11. The molecule has 0 bridgehead atoms. The number of rotatable bonds is 3. The minimum atomic E-state index is 1.03. The minimum absolute atomic E-state index is 1.03. The van der Waals surface area contributed by atoms with E-state index in [9.17, 15) is 0 Å². The van der Waals surface area contributed by atoms with E-state index in [1.165, 1.54) is 36.9 Å². The zero-order valence-corrected chi connectivity index (χ0v) is 8.19. The van der Waals surface area contributed by atoms with E-state index in [1.807, 2.05) is 0 Å². The first kappa shape index (κ1) is 8.60. The summed E-state index contributed by atoms with van der Waals surface area (Å²) in [4.78, 5) is 0. The van der Waals surface area contributed by atoms with Gasteiger partial charge in [0, 0.05) is 17.8 Å². The maximum absolute atomic E-state index is 4.30. The SMILES string of the molecule is CCCNc1n[nH]c2c1CCCC2. The number of aromatic amines is 1. The monoisotopic (exact) mass is 179 g/mol. The second kappa shape index (κ2) is 3.81. The predicted molar refractivity (Wildman–Crippen MR) is 54.0 cm³/mol. The van der Waals surface area contributed by atoms with Crippen LogP contribution >= 0.6 is 0 Å². The highest BCUT2D eigenvalue weighted by molar-refractivity contribution is 5.47. The van der Waals surface area contributed by atoms with Crippen LogP contribution in [0.4, 0.5) is 5.82 Å². The fraction of sp³-hybridized carbons (Fsp3) is 0.700. The third-order valence-corrected chi connectivity index (χ3v) is 2.60. The van der Waals surface area contributed by atoms with Gasteiger partial charge in [0.1, 0.15) is 0 Å². The first-order valence-electron chi connectivity index (χ1n) is 5.21. The highest BCUT2D eigenvalue weighted by Gasteiger charge is 2.15. The van der Waals surface area contributed by atoms with Gasteiger partial charge in [0.15, 0.2) is 5.82 Å². The van der Waals surface area contributed by atoms with Gasteiger partial charge in [-0.05, 0) is 32.1 Å². The quantitative estimate of drug-likeness (QED) is 0.746. The molecule has 1 aromatic heterocycles. The van der Waals surface area contributed by atoms with Gasteiger partial charge in [0.05, 0.1) is 0 Å². The van der Waals surface area contributed by atoms with E-state index in [-0.39, 0.29) is 0 Å². The molecule has 72 valence electrons. The molecule has 0 spiro atoms. The van der Waals surface area contributed by atoms with E-state index in [4.69, 9.17) is 0 Å². The van der Waals surface area contributed by atoms with Crippen LogP contribution in [0.3, 0.4) is 0 Å². The first-order valence-corrected chi connectivity index (χ1v) is 5.21. The van der Waals surface area contributed by atoms with Crippen LogP contribution in [0.15, 0.2) is 0 Å². The highest BCUT2D eigenvalue weighted by atomic mass is 15.2. The van der Waals surface area contributed by atoms with Crippen LogP contribution in [0.25, 0.3) is 0 Å². The van der Waals surface area contributed by atoms with E-state index in [0.717, 1.165) is 18.8 Å². The zero-order valence-electron chi connectivity index (χ0n) is 8.19. The molecule has 1 heterocycles. The van der Waals surface area contributed by atoms with Crippen molar-refractivity contribution in [3.05, 3.63) is 11.3 Å². The summed E-state index contributed by atoms with van der Waals surface area (Å²) in [5.41, 5.74) is 2.78. The van der Waals surface area contributed by atoms with Crippen molar-refractivity contribution in [1.82, 2.24) is 10.2 Å². The van der Waals surface area contributed by atoms with Crippen molar-refractivity contribution in [3.63, 3.8) is 0 Å². The molecule has 0 saturated heterocycles. The van der Waals surface area contributed by atoms with Crippen LogP contribution < -0.4 is 5.32 Å². The smallest absolute Gasteiger partial charge is 0.151 e. The van der Waals surface area contributed by atoms with Crippen molar-refractivity contribution in [3.8, 4) is 0 Å². The number of hydrogen-bond donors (Lipinski definition) is 2. The fourth-order valence-corrected chi connectivity index (χ4v) is 1.87. The number of nitrogens with one attached hydrogen (secondary N) is 2. The van der Waals surface area contributed by atoms with E-state index in [0.29, 0.717) is 0 Å². The van der Waals surface area contributed by atoms with Crippen LogP contribution in [0.1, 0.15) is 37.4 Å². The maximum atomic E-state index is 4.30. The maximum Gasteiger partial charge on any atom is 0.151 e. The molecule has 3 nitrogen and oxygen atoms in total. The Labute approximate surface area is 78.9 Å². The Balaban J connectivity index is 2.12. The van der Waals surface area contributed by atoms with Gasteiger partial charge in [-0.3, -0.25) is 5.10 Å². The Kier molecular flexibility index (Phi) is 2.52. The Morgan fingerprint density at radius 3 is 3.08 bits per heavy atom. The lowest BCUT2D eigenvalue weighted by Crippen LogP contribution is -2.05. The fourth-order valence-electron chi connectivity index (χ4n) is 1.87. The molecule has 0 aromatic carbocycles. The largest absolute Gasteiger partial charge is 0.368 e. The van der Waals surface area contributed by atoms with Crippen LogP contribution in [-0.2, 0) is 12.8 Å².